The fourth-order valence-corrected chi connectivity index (χ4v) is 5.71. The number of aliphatic hydroxyl groups is 4. The van der Waals surface area contributed by atoms with E-state index in [0.717, 1.165) is 12.8 Å². The monoisotopic (exact) mass is 496 g/mol. The van der Waals surface area contributed by atoms with Crippen molar-refractivity contribution in [3.05, 3.63) is 12.2 Å². The number of unbranched alkanes of at least 4 members (excludes halogenated alkanes) is 2. The average molecular weight is 497 g/mol. The van der Waals surface area contributed by atoms with Gasteiger partial charge in [0.25, 0.3) is 0 Å². The number of nitrogens with one attached hydrogen (secondary N) is 1. The zero-order valence-electron chi connectivity index (χ0n) is 19.7. The molecule has 2 aliphatic heterocycles. The van der Waals surface area contributed by atoms with E-state index in [-0.39, 0.29) is 48.0 Å². The Kier molecular flexibility index (Phi) is 8.56. The van der Waals surface area contributed by atoms with Crippen LogP contribution in [0.5, 0.6) is 0 Å². The zero-order chi connectivity index (χ0) is 25.1. The first kappa shape index (κ1) is 26.2. The number of carbonyl (C=O) groups is 3. The first-order chi connectivity index (χ1) is 16.8. The van der Waals surface area contributed by atoms with Crippen LogP contribution < -0.4 is 5.32 Å². The molecular weight excluding hydrogens is 460 g/mol. The second-order valence-electron chi connectivity index (χ2n) is 9.91. The Bertz CT molecular complexity index is 789. The van der Waals surface area contributed by atoms with Crippen molar-refractivity contribution < 1.29 is 44.3 Å². The molecule has 0 aromatic carbocycles. The van der Waals surface area contributed by atoms with E-state index in [9.17, 15) is 34.8 Å². The number of amides is 3. The highest BCUT2D eigenvalue weighted by molar-refractivity contribution is 6.06. The Hall–Kier alpha value is -1.89. The van der Waals surface area contributed by atoms with Crippen molar-refractivity contribution in [1.29, 1.82) is 0 Å². The van der Waals surface area contributed by atoms with Gasteiger partial charge in [0.05, 0.1) is 25.0 Å². The van der Waals surface area contributed by atoms with Gasteiger partial charge in [0, 0.05) is 19.5 Å². The maximum Gasteiger partial charge on any atom is 0.233 e. The van der Waals surface area contributed by atoms with Gasteiger partial charge in [-0.2, -0.15) is 0 Å². The lowest BCUT2D eigenvalue weighted by atomic mass is 9.85. The fraction of sp³-hybridized carbons (Fsp3) is 0.792. The van der Waals surface area contributed by atoms with E-state index in [1.807, 2.05) is 0 Å². The molecule has 35 heavy (non-hydrogen) atoms. The number of fused-ring (bicyclic) bond motifs is 5. The maximum absolute atomic E-state index is 12.7. The van der Waals surface area contributed by atoms with Gasteiger partial charge in [-0.3, -0.25) is 19.3 Å². The van der Waals surface area contributed by atoms with Gasteiger partial charge in [-0.15, -0.1) is 0 Å². The molecule has 11 heteroatoms. The predicted molar refractivity (Wildman–Crippen MR) is 120 cm³/mol. The van der Waals surface area contributed by atoms with Crippen LogP contribution >= 0.6 is 0 Å². The third-order valence-corrected chi connectivity index (χ3v) is 7.62. The molecule has 3 amide bonds. The molecule has 0 radical (unpaired) electrons. The second kappa shape index (κ2) is 11.4. The Labute approximate surface area is 204 Å². The van der Waals surface area contributed by atoms with Crippen molar-refractivity contribution in [2.24, 2.45) is 23.7 Å². The van der Waals surface area contributed by atoms with Crippen LogP contribution in [0.1, 0.15) is 38.5 Å². The van der Waals surface area contributed by atoms with Gasteiger partial charge < -0.3 is 35.2 Å². The molecule has 3 fully saturated rings. The summed E-state index contributed by atoms with van der Waals surface area (Å²) >= 11 is 0. The maximum atomic E-state index is 12.7. The fourth-order valence-electron chi connectivity index (χ4n) is 5.71. The standard InChI is InChI=1S/C24H36N2O9/c27-12-15-19(29)20(30)21(31)24(35-15)34-10-4-8-25-16(28)5-2-1-3-9-26-22(32)17-13-6-7-14(11-13)18(17)23(26)33/h6-7,13-15,17-21,24,27,29-31H,1-5,8-12H2,(H,25,28)/t13?,14?,15-,17-,18+,19+,20+,21-,24-/m1/s1. The Morgan fingerprint density at radius 3 is 2.34 bits per heavy atom. The quantitative estimate of drug-likeness (QED) is 0.125. The SMILES string of the molecule is O=C(CCCCCN1C(=O)[C@@H]2C3C=CC(C3)[C@@H]2C1=O)NCCCO[C@@H]1O[C@H](CO)[C@H](O)[C@H](O)[C@H]1O. The van der Waals surface area contributed by atoms with Crippen LogP contribution in [0.15, 0.2) is 12.2 Å². The minimum atomic E-state index is -1.49. The molecule has 5 N–H and O–H groups in total. The largest absolute Gasteiger partial charge is 0.394 e. The van der Waals surface area contributed by atoms with E-state index in [4.69, 9.17) is 9.47 Å². The molecule has 196 valence electrons. The molecule has 11 nitrogen and oxygen atoms in total. The van der Waals surface area contributed by atoms with Crippen LogP contribution in [0.2, 0.25) is 0 Å². The van der Waals surface area contributed by atoms with Crippen LogP contribution in [0, 0.1) is 23.7 Å². The molecule has 1 saturated carbocycles. The molecule has 9 atom stereocenters. The third kappa shape index (κ3) is 5.45. The molecule has 0 spiro atoms. The summed E-state index contributed by atoms with van der Waals surface area (Å²) in [6, 6.07) is 0. The number of imide groups is 1. The van der Waals surface area contributed by atoms with Crippen molar-refractivity contribution >= 4 is 17.7 Å². The number of nitrogens with zero attached hydrogens (tertiary/aromatic N) is 1. The number of rotatable bonds is 12. The number of likely N-dealkylation sites (tertiary alicyclic amines) is 1. The topological polar surface area (TPSA) is 166 Å². The number of hydrogen-bond donors (Lipinski definition) is 5. The minimum Gasteiger partial charge on any atom is -0.394 e. The van der Waals surface area contributed by atoms with Crippen LogP contribution in [-0.2, 0) is 23.9 Å². The van der Waals surface area contributed by atoms with Crippen LogP contribution in [0.3, 0.4) is 0 Å². The molecular formula is C24H36N2O9. The highest BCUT2D eigenvalue weighted by Gasteiger charge is 2.58. The zero-order valence-corrected chi connectivity index (χ0v) is 19.7. The lowest BCUT2D eigenvalue weighted by Crippen LogP contribution is -2.59. The summed E-state index contributed by atoms with van der Waals surface area (Å²) in [6.07, 6.45) is 1.39. The van der Waals surface area contributed by atoms with E-state index in [1.165, 1.54) is 4.90 Å². The first-order valence-electron chi connectivity index (χ1n) is 12.6. The van der Waals surface area contributed by atoms with Crippen LogP contribution in [-0.4, -0.2) is 100 Å². The van der Waals surface area contributed by atoms with Crippen molar-refractivity contribution in [1.82, 2.24) is 10.2 Å². The van der Waals surface area contributed by atoms with Crippen LogP contribution in [0.25, 0.3) is 0 Å². The van der Waals surface area contributed by atoms with E-state index in [0.29, 0.717) is 38.8 Å². The minimum absolute atomic E-state index is 0.0273. The van der Waals surface area contributed by atoms with Gasteiger partial charge in [-0.1, -0.05) is 18.6 Å². The van der Waals surface area contributed by atoms with Gasteiger partial charge in [-0.05, 0) is 37.5 Å². The van der Waals surface area contributed by atoms with Gasteiger partial charge in [0.15, 0.2) is 6.29 Å². The number of ether oxygens (including phenoxy) is 2. The summed E-state index contributed by atoms with van der Waals surface area (Å²) in [5, 5.41) is 41.4. The lowest BCUT2D eigenvalue weighted by molar-refractivity contribution is -0.301. The molecule has 0 aromatic heterocycles. The van der Waals surface area contributed by atoms with Crippen molar-refractivity contribution in [2.75, 3.05) is 26.3 Å². The molecule has 4 rings (SSSR count). The van der Waals surface area contributed by atoms with Gasteiger partial charge in [0.1, 0.15) is 24.4 Å². The Morgan fingerprint density at radius 1 is 1.00 bits per heavy atom. The smallest absolute Gasteiger partial charge is 0.233 e. The number of carbonyl (C=O) groups excluding carboxylic acids is 3. The molecule has 2 aliphatic carbocycles. The Morgan fingerprint density at radius 2 is 1.69 bits per heavy atom. The molecule has 2 bridgehead atoms. The van der Waals surface area contributed by atoms with E-state index < -0.39 is 37.3 Å². The van der Waals surface area contributed by atoms with Crippen molar-refractivity contribution in [3.63, 3.8) is 0 Å². The summed E-state index contributed by atoms with van der Waals surface area (Å²) in [4.78, 5) is 38.8. The highest BCUT2D eigenvalue weighted by atomic mass is 16.7. The summed E-state index contributed by atoms with van der Waals surface area (Å²) < 4.78 is 10.6. The highest BCUT2D eigenvalue weighted by Crippen LogP contribution is 2.52. The molecule has 2 saturated heterocycles. The Balaban J connectivity index is 1.04. The summed E-state index contributed by atoms with van der Waals surface area (Å²) in [7, 11) is 0. The second-order valence-corrected chi connectivity index (χ2v) is 9.91. The number of aliphatic hydroxyl groups excluding tert-OH is 4. The summed E-state index contributed by atoms with van der Waals surface area (Å²) in [6.45, 7) is 0.387. The van der Waals surface area contributed by atoms with Gasteiger partial charge in [-0.25, -0.2) is 0 Å². The third-order valence-electron chi connectivity index (χ3n) is 7.62. The summed E-state index contributed by atoms with van der Waals surface area (Å²) in [5.41, 5.74) is 0. The van der Waals surface area contributed by atoms with E-state index >= 15 is 0 Å². The van der Waals surface area contributed by atoms with Crippen molar-refractivity contribution in [3.8, 4) is 0 Å². The van der Waals surface area contributed by atoms with E-state index in [1.54, 1.807) is 0 Å². The molecule has 4 aliphatic rings. The summed E-state index contributed by atoms with van der Waals surface area (Å²) in [5.74, 6) is -0.0409. The predicted octanol–water partition coefficient (Wildman–Crippen LogP) is -1.32. The van der Waals surface area contributed by atoms with Crippen LogP contribution in [0.4, 0.5) is 0 Å². The lowest BCUT2D eigenvalue weighted by Gasteiger charge is -2.39. The van der Waals surface area contributed by atoms with Crippen molar-refractivity contribution in [2.45, 2.75) is 69.2 Å². The number of hydrogen-bond acceptors (Lipinski definition) is 9. The first-order valence-corrected chi connectivity index (χ1v) is 12.6. The normalized spacial score (nSPS) is 37.8. The van der Waals surface area contributed by atoms with E-state index in [2.05, 4.69) is 17.5 Å². The molecule has 2 heterocycles. The average Bonchev–Trinajstić information content (AvgIpc) is 3.53. The molecule has 0 aromatic rings. The van der Waals surface area contributed by atoms with Gasteiger partial charge in [0.2, 0.25) is 17.7 Å². The molecule has 2 unspecified atom stereocenters. The van der Waals surface area contributed by atoms with Gasteiger partial charge >= 0.3 is 0 Å². The number of allylic oxidation sites excluding steroid dienone is 2.